The Morgan fingerprint density at radius 1 is 1.18 bits per heavy atom. The molecule has 0 bridgehead atoms. The van der Waals surface area contributed by atoms with Gasteiger partial charge in [-0.25, -0.2) is 17.8 Å². The first kappa shape index (κ1) is 19.9. The van der Waals surface area contributed by atoms with E-state index in [4.69, 9.17) is 0 Å². The highest BCUT2D eigenvalue weighted by Crippen LogP contribution is 2.29. The molecule has 0 saturated carbocycles. The molecule has 0 atom stereocenters. The number of hydrogen-bond acceptors (Lipinski definition) is 6. The van der Waals surface area contributed by atoms with Gasteiger partial charge in [0.2, 0.25) is 0 Å². The van der Waals surface area contributed by atoms with Crippen LogP contribution in [0.4, 0.5) is 15.8 Å². The molecule has 7 nitrogen and oxygen atoms in total. The summed E-state index contributed by atoms with van der Waals surface area (Å²) in [7, 11) is -4.07. The van der Waals surface area contributed by atoms with Gasteiger partial charge in [-0.15, -0.1) is 11.3 Å². The number of thiazole rings is 1. The van der Waals surface area contributed by atoms with Crippen molar-refractivity contribution in [2.45, 2.75) is 25.3 Å². The molecule has 0 saturated heterocycles. The first-order valence-corrected chi connectivity index (χ1v) is 10.4. The van der Waals surface area contributed by atoms with E-state index >= 15 is 0 Å². The van der Waals surface area contributed by atoms with E-state index in [1.54, 1.807) is 5.38 Å². The van der Waals surface area contributed by atoms with Crippen molar-refractivity contribution >= 4 is 32.7 Å². The summed E-state index contributed by atoms with van der Waals surface area (Å²) in [4.78, 5) is 14.7. The number of nitrogens with zero attached hydrogens (tertiary/aromatic N) is 3. The van der Waals surface area contributed by atoms with Crippen molar-refractivity contribution in [2.24, 2.45) is 0 Å². The number of aromatic nitrogens is 1. The van der Waals surface area contributed by atoms with Crippen LogP contribution >= 0.6 is 11.3 Å². The van der Waals surface area contributed by atoms with E-state index in [0.29, 0.717) is 5.69 Å². The average molecular weight is 421 g/mol. The quantitative estimate of drug-likeness (QED) is 0.439. The molecular formula is C18H16FN3O4S2. The fourth-order valence-corrected chi connectivity index (χ4v) is 4.80. The maximum atomic E-state index is 13.3. The molecule has 2 aromatic carbocycles. The van der Waals surface area contributed by atoms with Crippen molar-refractivity contribution in [3.8, 4) is 0 Å². The van der Waals surface area contributed by atoms with E-state index in [1.807, 2.05) is 6.92 Å². The Bertz CT molecular complexity index is 1130. The van der Waals surface area contributed by atoms with Crippen molar-refractivity contribution in [1.82, 2.24) is 4.98 Å². The first-order chi connectivity index (χ1) is 13.2. The van der Waals surface area contributed by atoms with E-state index in [2.05, 4.69) is 4.98 Å². The summed E-state index contributed by atoms with van der Waals surface area (Å²) in [6.45, 7) is 3.24. The van der Waals surface area contributed by atoms with Crippen molar-refractivity contribution < 1.29 is 17.7 Å². The minimum absolute atomic E-state index is 0.0473. The van der Waals surface area contributed by atoms with Crippen molar-refractivity contribution in [2.75, 3.05) is 4.31 Å². The zero-order valence-corrected chi connectivity index (χ0v) is 16.6. The van der Waals surface area contributed by atoms with Crippen LogP contribution in [0, 0.1) is 29.8 Å². The second-order valence-electron chi connectivity index (χ2n) is 6.05. The summed E-state index contributed by atoms with van der Waals surface area (Å²) in [6, 6.07) is 8.70. The van der Waals surface area contributed by atoms with Crippen LogP contribution in [0.5, 0.6) is 0 Å². The van der Waals surface area contributed by atoms with Crippen molar-refractivity contribution in [3.05, 3.63) is 80.0 Å². The second-order valence-corrected chi connectivity index (χ2v) is 8.98. The summed E-state index contributed by atoms with van der Waals surface area (Å²) in [6.07, 6.45) is 0. The third kappa shape index (κ3) is 4.02. The molecule has 0 unspecified atom stereocenters. The van der Waals surface area contributed by atoms with Gasteiger partial charge in [-0.2, -0.15) is 0 Å². The Morgan fingerprint density at radius 2 is 1.86 bits per heavy atom. The van der Waals surface area contributed by atoms with Crippen LogP contribution in [0.2, 0.25) is 0 Å². The third-order valence-corrected chi connectivity index (χ3v) is 6.63. The molecule has 0 aliphatic rings. The lowest BCUT2D eigenvalue weighted by atomic mass is 10.2. The molecule has 0 N–H and O–H groups in total. The number of anilines is 1. The average Bonchev–Trinajstić information content (AvgIpc) is 3.05. The summed E-state index contributed by atoms with van der Waals surface area (Å²) in [5.41, 5.74) is 0.883. The minimum Gasteiger partial charge on any atom is -0.260 e. The van der Waals surface area contributed by atoms with Crippen molar-refractivity contribution in [1.29, 1.82) is 0 Å². The van der Waals surface area contributed by atoms with Crippen LogP contribution < -0.4 is 4.31 Å². The molecule has 0 radical (unpaired) electrons. The molecule has 146 valence electrons. The molecule has 3 aromatic rings. The normalized spacial score (nSPS) is 11.4. The number of aryl methyl sites for hydroxylation is 2. The lowest BCUT2D eigenvalue weighted by Crippen LogP contribution is -2.30. The lowest BCUT2D eigenvalue weighted by Gasteiger charge is -2.24. The van der Waals surface area contributed by atoms with Gasteiger partial charge in [-0.05, 0) is 50.2 Å². The number of benzene rings is 2. The molecule has 0 fully saturated rings. The topological polar surface area (TPSA) is 93.4 Å². The Hall–Kier alpha value is -2.85. The molecular weight excluding hydrogens is 405 g/mol. The zero-order chi connectivity index (χ0) is 20.5. The third-order valence-electron chi connectivity index (χ3n) is 4.04. The largest absolute Gasteiger partial charge is 0.272 e. The predicted molar refractivity (Wildman–Crippen MR) is 104 cm³/mol. The van der Waals surface area contributed by atoms with E-state index in [0.717, 1.165) is 15.4 Å². The monoisotopic (exact) mass is 421 g/mol. The van der Waals surface area contributed by atoms with Crippen LogP contribution in [0.1, 0.15) is 16.3 Å². The summed E-state index contributed by atoms with van der Waals surface area (Å²) in [5.74, 6) is -0.489. The minimum atomic E-state index is -4.07. The van der Waals surface area contributed by atoms with Gasteiger partial charge >= 0.3 is 0 Å². The van der Waals surface area contributed by atoms with Crippen LogP contribution in [0.25, 0.3) is 0 Å². The number of sulfonamides is 1. The number of nitro groups is 1. The SMILES string of the molecule is Cc1nc(CN(c2ccc(F)cc2)S(=O)(=O)c2ccc([N+](=O)[O-])c(C)c2)cs1. The molecule has 1 heterocycles. The summed E-state index contributed by atoms with van der Waals surface area (Å²) in [5, 5.41) is 13.6. The molecule has 28 heavy (non-hydrogen) atoms. The Morgan fingerprint density at radius 3 is 2.39 bits per heavy atom. The second kappa shape index (κ2) is 7.64. The molecule has 1 aromatic heterocycles. The maximum Gasteiger partial charge on any atom is 0.272 e. The highest BCUT2D eigenvalue weighted by Gasteiger charge is 2.27. The van der Waals surface area contributed by atoms with E-state index in [1.165, 1.54) is 54.7 Å². The van der Waals surface area contributed by atoms with Gasteiger partial charge in [0.05, 0.1) is 32.8 Å². The molecule has 3 rings (SSSR count). The van der Waals surface area contributed by atoms with E-state index in [-0.39, 0.29) is 28.4 Å². The van der Waals surface area contributed by atoms with Gasteiger partial charge in [0.25, 0.3) is 15.7 Å². The fraction of sp³-hybridized carbons (Fsp3) is 0.167. The Kier molecular flexibility index (Phi) is 5.43. The summed E-state index contributed by atoms with van der Waals surface area (Å²) >= 11 is 1.39. The van der Waals surface area contributed by atoms with Crippen LogP contribution in [0.15, 0.2) is 52.7 Å². The maximum absolute atomic E-state index is 13.3. The number of halogens is 1. The van der Waals surface area contributed by atoms with E-state index in [9.17, 15) is 22.9 Å². The zero-order valence-electron chi connectivity index (χ0n) is 15.0. The Balaban J connectivity index is 2.08. The van der Waals surface area contributed by atoms with Gasteiger partial charge < -0.3 is 0 Å². The molecule has 0 aliphatic carbocycles. The lowest BCUT2D eigenvalue weighted by molar-refractivity contribution is -0.385. The standard InChI is InChI=1S/C18H16FN3O4S2/c1-12-9-17(7-8-18(12)22(23)24)28(25,26)21(10-15-11-27-13(2)20-15)16-5-3-14(19)4-6-16/h3-9,11H,10H2,1-2H3. The van der Waals surface area contributed by atoms with Gasteiger partial charge in [0.15, 0.2) is 0 Å². The van der Waals surface area contributed by atoms with Gasteiger partial charge in [-0.1, -0.05) is 0 Å². The first-order valence-electron chi connectivity index (χ1n) is 8.13. The highest BCUT2D eigenvalue weighted by atomic mass is 32.2. The summed E-state index contributed by atoms with van der Waals surface area (Å²) < 4.78 is 41.0. The molecule has 0 aliphatic heterocycles. The van der Waals surface area contributed by atoms with Gasteiger partial charge in [-0.3, -0.25) is 14.4 Å². The molecule has 0 amide bonds. The number of nitro benzene ring substituents is 1. The number of rotatable bonds is 6. The predicted octanol–water partition coefficient (Wildman–Crippen LogP) is 4.20. The highest BCUT2D eigenvalue weighted by molar-refractivity contribution is 7.92. The smallest absolute Gasteiger partial charge is 0.260 e. The van der Waals surface area contributed by atoms with Crippen LogP contribution in [-0.2, 0) is 16.6 Å². The van der Waals surface area contributed by atoms with Gasteiger partial charge in [0.1, 0.15) is 5.82 Å². The van der Waals surface area contributed by atoms with Gasteiger partial charge in [0, 0.05) is 17.0 Å². The Labute approximate surface area is 165 Å². The fourth-order valence-electron chi connectivity index (χ4n) is 2.67. The van der Waals surface area contributed by atoms with Crippen LogP contribution in [-0.4, -0.2) is 18.3 Å². The molecule has 0 spiro atoms. The van der Waals surface area contributed by atoms with Crippen molar-refractivity contribution in [3.63, 3.8) is 0 Å². The number of hydrogen-bond donors (Lipinski definition) is 0. The van der Waals surface area contributed by atoms with Crippen LogP contribution in [0.3, 0.4) is 0 Å². The molecule has 10 heteroatoms. The van der Waals surface area contributed by atoms with E-state index < -0.39 is 20.8 Å².